The highest BCUT2D eigenvalue weighted by atomic mass is 32.1. The van der Waals surface area contributed by atoms with E-state index in [0.29, 0.717) is 28.8 Å². The van der Waals surface area contributed by atoms with Crippen LogP contribution in [0.4, 0.5) is 0 Å². The Labute approximate surface area is 129 Å². The van der Waals surface area contributed by atoms with Crippen LogP contribution in [0, 0.1) is 0 Å². The molecule has 0 saturated heterocycles. The fourth-order valence-electron chi connectivity index (χ4n) is 1.81. The van der Waals surface area contributed by atoms with Crippen molar-refractivity contribution in [2.75, 3.05) is 13.7 Å². The number of aromatic hydroxyl groups is 1. The van der Waals surface area contributed by atoms with Crippen LogP contribution in [-0.2, 0) is 0 Å². The second kappa shape index (κ2) is 5.98. The lowest BCUT2D eigenvalue weighted by molar-refractivity contribution is 0.267. The first kappa shape index (κ1) is 14.3. The van der Waals surface area contributed by atoms with E-state index in [0.717, 1.165) is 4.88 Å². The highest BCUT2D eigenvalue weighted by molar-refractivity contribution is 7.19. The Morgan fingerprint density at radius 2 is 2.18 bits per heavy atom. The summed E-state index contributed by atoms with van der Waals surface area (Å²) in [4.78, 5) is 13.5. The summed E-state index contributed by atoms with van der Waals surface area (Å²) in [6, 6.07) is 3.55. The monoisotopic (exact) mass is 320 g/mol. The number of aromatic nitrogens is 4. The van der Waals surface area contributed by atoms with Crippen molar-refractivity contribution in [3.63, 3.8) is 0 Å². The standard InChI is InChI=1S/C13H12N4O4S/c1-3-20-8-5-9(7-4-10(19-2)15-6-14-7)22-11(8)12-16-13(18)21-17-12/h4-6H,3H2,1-2H3,(H,16,17,18). The largest absolute Gasteiger partial charge is 0.492 e. The van der Waals surface area contributed by atoms with Crippen LogP contribution in [0.3, 0.4) is 0 Å². The van der Waals surface area contributed by atoms with E-state index in [9.17, 15) is 5.11 Å². The normalized spacial score (nSPS) is 10.6. The summed E-state index contributed by atoms with van der Waals surface area (Å²) in [5, 5.41) is 12.9. The van der Waals surface area contributed by atoms with Gasteiger partial charge in [-0.3, -0.25) is 4.52 Å². The molecule has 22 heavy (non-hydrogen) atoms. The van der Waals surface area contributed by atoms with E-state index in [1.807, 2.05) is 13.0 Å². The van der Waals surface area contributed by atoms with E-state index >= 15 is 0 Å². The van der Waals surface area contributed by atoms with E-state index in [1.54, 1.807) is 13.2 Å². The molecular weight excluding hydrogens is 308 g/mol. The van der Waals surface area contributed by atoms with Gasteiger partial charge in [0, 0.05) is 12.1 Å². The van der Waals surface area contributed by atoms with Crippen LogP contribution in [0.15, 0.2) is 23.0 Å². The Bertz CT molecular complexity index is 786. The third-order valence-corrected chi connectivity index (χ3v) is 3.85. The van der Waals surface area contributed by atoms with Crippen molar-refractivity contribution in [3.05, 3.63) is 18.5 Å². The SMILES string of the molecule is CCOc1cc(-c2cc(OC)ncn2)sc1-c1noc(O)n1. The molecule has 0 radical (unpaired) electrons. The summed E-state index contributed by atoms with van der Waals surface area (Å²) in [5.41, 5.74) is 0.691. The Balaban J connectivity index is 2.06. The Morgan fingerprint density at radius 1 is 1.32 bits per heavy atom. The van der Waals surface area contributed by atoms with E-state index in [1.165, 1.54) is 17.7 Å². The second-order valence-corrected chi connectivity index (χ2v) is 5.14. The van der Waals surface area contributed by atoms with Crippen LogP contribution in [0.5, 0.6) is 17.7 Å². The quantitative estimate of drug-likeness (QED) is 0.764. The van der Waals surface area contributed by atoms with Gasteiger partial charge in [0.1, 0.15) is 17.0 Å². The molecule has 114 valence electrons. The number of nitrogens with zero attached hydrogens (tertiary/aromatic N) is 4. The fourth-order valence-corrected chi connectivity index (χ4v) is 2.81. The molecule has 3 rings (SSSR count). The van der Waals surface area contributed by atoms with Gasteiger partial charge >= 0.3 is 6.08 Å². The van der Waals surface area contributed by atoms with Crippen molar-refractivity contribution in [3.8, 4) is 39.0 Å². The fraction of sp³-hybridized carbons (Fsp3) is 0.231. The summed E-state index contributed by atoms with van der Waals surface area (Å²) in [6.07, 6.45) is 0.935. The number of hydrogen-bond donors (Lipinski definition) is 1. The molecule has 0 aliphatic heterocycles. The van der Waals surface area contributed by atoms with Crippen LogP contribution in [-0.4, -0.2) is 38.9 Å². The molecule has 0 atom stereocenters. The average Bonchev–Trinajstić information content (AvgIpc) is 3.14. The van der Waals surface area contributed by atoms with Gasteiger partial charge in [-0.25, -0.2) is 9.97 Å². The maximum absolute atomic E-state index is 9.21. The minimum Gasteiger partial charge on any atom is -0.492 e. The lowest BCUT2D eigenvalue weighted by atomic mass is 10.3. The first-order valence-electron chi connectivity index (χ1n) is 6.37. The van der Waals surface area contributed by atoms with E-state index < -0.39 is 6.08 Å². The van der Waals surface area contributed by atoms with Crippen molar-refractivity contribution in [1.29, 1.82) is 0 Å². The molecule has 3 aromatic heterocycles. The predicted octanol–water partition coefficient (Wildman–Crippen LogP) is 2.37. The number of ether oxygens (including phenoxy) is 2. The lowest BCUT2D eigenvalue weighted by Gasteiger charge is -2.00. The maximum atomic E-state index is 9.21. The zero-order valence-corrected chi connectivity index (χ0v) is 12.6. The zero-order valence-electron chi connectivity index (χ0n) is 11.8. The molecule has 0 aromatic carbocycles. The van der Waals surface area contributed by atoms with Crippen molar-refractivity contribution < 1.29 is 19.1 Å². The van der Waals surface area contributed by atoms with Crippen molar-refractivity contribution in [1.82, 2.24) is 20.1 Å². The second-order valence-electron chi connectivity index (χ2n) is 4.08. The van der Waals surface area contributed by atoms with Gasteiger partial charge < -0.3 is 14.6 Å². The summed E-state index contributed by atoms with van der Waals surface area (Å²) < 4.78 is 15.3. The zero-order chi connectivity index (χ0) is 15.5. The molecule has 8 nitrogen and oxygen atoms in total. The predicted molar refractivity (Wildman–Crippen MR) is 78.0 cm³/mol. The molecule has 3 aromatic rings. The lowest BCUT2D eigenvalue weighted by Crippen LogP contribution is -1.91. The van der Waals surface area contributed by atoms with Gasteiger partial charge in [-0.2, -0.15) is 4.98 Å². The van der Waals surface area contributed by atoms with Gasteiger partial charge in [0.25, 0.3) is 0 Å². The third-order valence-electron chi connectivity index (χ3n) is 2.72. The molecule has 0 fully saturated rings. The highest BCUT2D eigenvalue weighted by Gasteiger charge is 2.19. The first-order valence-corrected chi connectivity index (χ1v) is 7.19. The van der Waals surface area contributed by atoms with Crippen LogP contribution >= 0.6 is 11.3 Å². The summed E-state index contributed by atoms with van der Waals surface area (Å²) in [5.74, 6) is 1.33. The topological polar surface area (TPSA) is 103 Å². The molecule has 9 heteroatoms. The Morgan fingerprint density at radius 3 is 2.86 bits per heavy atom. The number of methoxy groups -OCH3 is 1. The van der Waals surface area contributed by atoms with Crippen molar-refractivity contribution in [2.24, 2.45) is 0 Å². The molecule has 3 heterocycles. The van der Waals surface area contributed by atoms with E-state index in [-0.39, 0.29) is 5.82 Å². The summed E-state index contributed by atoms with van der Waals surface area (Å²) in [6.45, 7) is 2.36. The minimum absolute atomic E-state index is 0.262. The van der Waals surface area contributed by atoms with Crippen LogP contribution in [0.25, 0.3) is 21.3 Å². The summed E-state index contributed by atoms with van der Waals surface area (Å²) >= 11 is 1.37. The van der Waals surface area contributed by atoms with Crippen molar-refractivity contribution in [2.45, 2.75) is 6.92 Å². The molecule has 0 spiro atoms. The van der Waals surface area contributed by atoms with Crippen LogP contribution in [0.2, 0.25) is 0 Å². The van der Waals surface area contributed by atoms with Gasteiger partial charge in [0.2, 0.25) is 11.7 Å². The maximum Gasteiger partial charge on any atom is 0.415 e. The van der Waals surface area contributed by atoms with Crippen LogP contribution in [0.1, 0.15) is 6.92 Å². The Hall–Kier alpha value is -2.68. The molecule has 0 aliphatic rings. The third kappa shape index (κ3) is 2.70. The first-order chi connectivity index (χ1) is 10.7. The highest BCUT2D eigenvalue weighted by Crippen LogP contribution is 2.41. The molecule has 1 N–H and O–H groups in total. The van der Waals surface area contributed by atoms with Gasteiger partial charge in [0.15, 0.2) is 0 Å². The van der Waals surface area contributed by atoms with E-state index in [4.69, 9.17) is 9.47 Å². The minimum atomic E-state index is -0.490. The Kier molecular flexibility index (Phi) is 3.88. The number of thiophene rings is 1. The van der Waals surface area contributed by atoms with Gasteiger partial charge in [-0.1, -0.05) is 5.16 Å². The molecular formula is C13H12N4O4S. The smallest absolute Gasteiger partial charge is 0.415 e. The van der Waals surface area contributed by atoms with Gasteiger partial charge in [-0.15, -0.1) is 11.3 Å². The molecule has 0 bridgehead atoms. The van der Waals surface area contributed by atoms with Gasteiger partial charge in [-0.05, 0) is 6.92 Å². The molecule has 0 amide bonds. The molecule has 0 saturated carbocycles. The number of hydrogen-bond acceptors (Lipinski definition) is 9. The van der Waals surface area contributed by atoms with E-state index in [2.05, 4.69) is 24.6 Å². The van der Waals surface area contributed by atoms with Crippen LogP contribution < -0.4 is 9.47 Å². The average molecular weight is 320 g/mol. The molecule has 0 unspecified atom stereocenters. The van der Waals surface area contributed by atoms with Gasteiger partial charge in [0.05, 0.1) is 24.3 Å². The summed E-state index contributed by atoms with van der Waals surface area (Å²) in [7, 11) is 1.54. The molecule has 0 aliphatic carbocycles. The number of rotatable bonds is 5. The van der Waals surface area contributed by atoms with Crippen molar-refractivity contribution >= 4 is 11.3 Å².